The number of aliphatic imine (C=N–C) groups is 2. The van der Waals surface area contributed by atoms with E-state index in [9.17, 15) is 0 Å². The van der Waals surface area contributed by atoms with Crippen LogP contribution in [0.4, 0.5) is 11.4 Å². The van der Waals surface area contributed by atoms with Crippen LogP contribution in [0.2, 0.25) is 0 Å². The molecule has 0 heterocycles. The summed E-state index contributed by atoms with van der Waals surface area (Å²) in [5.74, 6) is 0. The first-order valence-electron chi connectivity index (χ1n) is 14.1. The molecule has 3 aromatic carbocycles. The van der Waals surface area contributed by atoms with Crippen molar-refractivity contribution < 1.29 is 0 Å². The highest BCUT2D eigenvalue weighted by atomic mass is 14.8. The van der Waals surface area contributed by atoms with E-state index in [-0.39, 0.29) is 0 Å². The summed E-state index contributed by atoms with van der Waals surface area (Å²) >= 11 is 0. The van der Waals surface area contributed by atoms with Crippen LogP contribution in [0.25, 0.3) is 11.1 Å². The average Bonchev–Trinajstić information content (AvgIpc) is 2.92. The molecule has 0 radical (unpaired) electrons. The summed E-state index contributed by atoms with van der Waals surface area (Å²) in [6.07, 6.45) is 13.7. The van der Waals surface area contributed by atoms with Crippen molar-refractivity contribution >= 4 is 23.3 Å². The second kappa shape index (κ2) is 15.2. The first kappa shape index (κ1) is 27.6. The summed E-state index contributed by atoms with van der Waals surface area (Å²) in [4.78, 5) is 9.93. The van der Waals surface area contributed by atoms with E-state index in [1.54, 1.807) is 0 Å². The van der Waals surface area contributed by atoms with Crippen LogP contribution in [0.3, 0.4) is 0 Å². The fraction of sp³-hybridized carbons (Fsp3) is 0.412. The number of hydrogen-bond donors (Lipinski definition) is 0. The maximum absolute atomic E-state index is 5.06. The molecule has 0 spiro atoms. The van der Waals surface area contributed by atoms with Crippen LogP contribution in [0, 0.1) is 0 Å². The molecule has 0 bridgehead atoms. The largest absolute Gasteiger partial charge is 0.255 e. The van der Waals surface area contributed by atoms with E-state index in [1.807, 2.05) is 6.21 Å². The number of hydrogen-bond acceptors (Lipinski definition) is 2. The third-order valence-corrected chi connectivity index (χ3v) is 6.67. The van der Waals surface area contributed by atoms with Crippen molar-refractivity contribution in [3.05, 3.63) is 83.4 Å². The van der Waals surface area contributed by atoms with E-state index in [4.69, 9.17) is 9.98 Å². The molecule has 2 heteroatoms. The van der Waals surface area contributed by atoms with Gasteiger partial charge in [0.2, 0.25) is 0 Å². The summed E-state index contributed by atoms with van der Waals surface area (Å²) in [5, 5.41) is 0. The quantitative estimate of drug-likeness (QED) is 0.162. The van der Waals surface area contributed by atoms with Gasteiger partial charge in [0.1, 0.15) is 0 Å². The van der Waals surface area contributed by atoms with Gasteiger partial charge in [-0.15, -0.1) is 0 Å². The van der Waals surface area contributed by atoms with Gasteiger partial charge in [0, 0.05) is 6.21 Å². The molecule has 0 aliphatic rings. The zero-order valence-corrected chi connectivity index (χ0v) is 22.9. The van der Waals surface area contributed by atoms with Gasteiger partial charge in [-0.1, -0.05) is 95.8 Å². The predicted octanol–water partition coefficient (Wildman–Crippen LogP) is 10.3. The Balaban J connectivity index is 1.86. The maximum atomic E-state index is 5.06. The second-order valence-electron chi connectivity index (χ2n) is 9.74. The molecule has 36 heavy (non-hydrogen) atoms. The molecule has 0 aromatic heterocycles. The van der Waals surface area contributed by atoms with Crippen LogP contribution in [-0.4, -0.2) is 11.9 Å². The lowest BCUT2D eigenvalue weighted by Crippen LogP contribution is -1.98. The molecule has 3 aromatic rings. The van der Waals surface area contributed by atoms with Gasteiger partial charge >= 0.3 is 0 Å². The zero-order valence-electron chi connectivity index (χ0n) is 22.9. The van der Waals surface area contributed by atoms with Crippen LogP contribution >= 0.6 is 0 Å². The van der Waals surface area contributed by atoms with Gasteiger partial charge in [-0.05, 0) is 90.6 Å². The van der Waals surface area contributed by atoms with Crippen molar-refractivity contribution in [2.45, 2.75) is 91.9 Å². The molecule has 0 saturated carbocycles. The van der Waals surface area contributed by atoms with Crippen LogP contribution in [0.1, 0.15) is 89.3 Å². The molecule has 2 nitrogen and oxygen atoms in total. The molecule has 190 valence electrons. The monoisotopic (exact) mass is 480 g/mol. The van der Waals surface area contributed by atoms with E-state index in [0.717, 1.165) is 42.8 Å². The SMILES string of the molecule is CCCCCCc1cc(CCCC)cc(N=C(C=Nc2cc(CC)cc(-c3ccccc3)c2)CC)c1. The molecule has 0 aliphatic carbocycles. The lowest BCUT2D eigenvalue weighted by molar-refractivity contribution is 0.666. The van der Waals surface area contributed by atoms with Gasteiger partial charge < -0.3 is 0 Å². The van der Waals surface area contributed by atoms with Crippen molar-refractivity contribution in [2.75, 3.05) is 0 Å². The van der Waals surface area contributed by atoms with Crippen LogP contribution < -0.4 is 0 Å². The minimum Gasteiger partial charge on any atom is -0.255 e. The molecule has 0 unspecified atom stereocenters. The highest BCUT2D eigenvalue weighted by Gasteiger charge is 2.05. The molecule has 0 saturated heterocycles. The Kier molecular flexibility index (Phi) is 11.6. The molecule has 0 aliphatic heterocycles. The van der Waals surface area contributed by atoms with Crippen LogP contribution in [-0.2, 0) is 19.3 Å². The number of benzene rings is 3. The van der Waals surface area contributed by atoms with Gasteiger partial charge in [0.15, 0.2) is 0 Å². The minimum atomic E-state index is 0.855. The summed E-state index contributed by atoms with van der Waals surface area (Å²) in [7, 11) is 0. The van der Waals surface area contributed by atoms with Gasteiger partial charge in [0.05, 0.1) is 17.1 Å². The molecule has 0 amide bonds. The lowest BCUT2D eigenvalue weighted by atomic mass is 10.00. The average molecular weight is 481 g/mol. The topological polar surface area (TPSA) is 24.7 Å². The second-order valence-corrected chi connectivity index (χ2v) is 9.74. The first-order valence-corrected chi connectivity index (χ1v) is 14.1. The van der Waals surface area contributed by atoms with Gasteiger partial charge in [-0.25, -0.2) is 0 Å². The van der Waals surface area contributed by atoms with Crippen molar-refractivity contribution in [2.24, 2.45) is 9.98 Å². The van der Waals surface area contributed by atoms with E-state index in [0.29, 0.717) is 0 Å². The van der Waals surface area contributed by atoms with Crippen LogP contribution in [0.15, 0.2) is 76.7 Å². The fourth-order valence-electron chi connectivity index (χ4n) is 4.50. The molecular formula is C34H44N2. The third-order valence-electron chi connectivity index (χ3n) is 6.67. The smallest absolute Gasteiger partial charge is 0.0639 e. The lowest BCUT2D eigenvalue weighted by Gasteiger charge is -2.09. The third kappa shape index (κ3) is 8.90. The Labute approximate surface area is 219 Å². The Bertz CT molecular complexity index is 1130. The standard InChI is InChI=1S/C34H44N2/c1-5-9-11-13-17-29-20-28(16-10-6-2)23-34(24-29)36-32(8-4)26-35-33-22-27(7-3)21-31(25-33)30-18-14-12-15-19-30/h12,14-15,18-26H,5-11,13,16-17H2,1-4H3. The first-order chi connectivity index (χ1) is 17.6. The van der Waals surface area contributed by atoms with Crippen molar-refractivity contribution in [1.82, 2.24) is 0 Å². The van der Waals surface area contributed by atoms with Crippen LogP contribution in [0.5, 0.6) is 0 Å². The van der Waals surface area contributed by atoms with Crippen molar-refractivity contribution in [1.29, 1.82) is 0 Å². The normalized spacial score (nSPS) is 11.9. The summed E-state index contributed by atoms with van der Waals surface area (Å²) in [5.41, 5.74) is 9.66. The highest BCUT2D eigenvalue weighted by Crippen LogP contribution is 2.27. The molecule has 3 rings (SSSR count). The Morgan fingerprint density at radius 1 is 0.639 bits per heavy atom. The predicted molar refractivity (Wildman–Crippen MR) is 160 cm³/mol. The van der Waals surface area contributed by atoms with Gasteiger partial charge in [0.25, 0.3) is 0 Å². The van der Waals surface area contributed by atoms with E-state index in [1.165, 1.54) is 66.3 Å². The highest BCUT2D eigenvalue weighted by molar-refractivity contribution is 6.31. The molecule has 0 fully saturated rings. The molecular weight excluding hydrogens is 436 g/mol. The number of rotatable bonds is 14. The van der Waals surface area contributed by atoms with E-state index < -0.39 is 0 Å². The summed E-state index contributed by atoms with van der Waals surface area (Å²) in [6.45, 7) is 8.89. The number of nitrogens with zero attached hydrogens (tertiary/aromatic N) is 2. The molecule has 0 atom stereocenters. The van der Waals surface area contributed by atoms with Crippen molar-refractivity contribution in [3.8, 4) is 11.1 Å². The Morgan fingerprint density at radius 2 is 1.33 bits per heavy atom. The maximum Gasteiger partial charge on any atom is 0.0639 e. The van der Waals surface area contributed by atoms with Crippen molar-refractivity contribution in [3.63, 3.8) is 0 Å². The van der Waals surface area contributed by atoms with E-state index in [2.05, 4.69) is 94.4 Å². The fourth-order valence-corrected chi connectivity index (χ4v) is 4.50. The Morgan fingerprint density at radius 3 is 2.00 bits per heavy atom. The summed E-state index contributed by atoms with van der Waals surface area (Å²) in [6, 6.07) is 24.2. The number of aryl methyl sites for hydroxylation is 3. The summed E-state index contributed by atoms with van der Waals surface area (Å²) < 4.78 is 0. The number of unbranched alkanes of at least 4 members (excludes halogenated alkanes) is 4. The zero-order chi connectivity index (χ0) is 25.6. The minimum absolute atomic E-state index is 0.855. The van der Waals surface area contributed by atoms with E-state index >= 15 is 0 Å². The van der Waals surface area contributed by atoms with Gasteiger partial charge in [-0.3, -0.25) is 9.98 Å². The van der Waals surface area contributed by atoms with Gasteiger partial charge in [-0.2, -0.15) is 0 Å². The molecule has 0 N–H and O–H groups in total. The Hall–Kier alpha value is -3.00.